The van der Waals surface area contributed by atoms with Gasteiger partial charge in [-0.15, -0.1) is 6.58 Å². The molecule has 1 fully saturated rings. The summed E-state index contributed by atoms with van der Waals surface area (Å²) in [4.78, 5) is 6.75. The molecule has 1 aliphatic heterocycles. The van der Waals surface area contributed by atoms with Gasteiger partial charge in [0, 0.05) is 6.54 Å². The second kappa shape index (κ2) is 4.11. The highest BCUT2D eigenvalue weighted by Crippen LogP contribution is 2.43. The number of aliphatic imine (C=N–C) groups is 1. The zero-order valence-electron chi connectivity index (χ0n) is 10.4. The van der Waals surface area contributed by atoms with Gasteiger partial charge in [0.2, 0.25) is 0 Å². The van der Waals surface area contributed by atoms with E-state index in [0.717, 1.165) is 19.0 Å². The SMILES string of the molecule is C=CCN1C(N)=NCC12CC(C)CCC2C. The Bertz CT molecular complexity index is 310. The lowest BCUT2D eigenvalue weighted by atomic mass is 9.69. The van der Waals surface area contributed by atoms with E-state index < -0.39 is 0 Å². The Balaban J connectivity index is 2.25. The molecular weight excluding hydrogens is 198 g/mol. The van der Waals surface area contributed by atoms with E-state index in [1.54, 1.807) is 0 Å². The molecule has 0 aromatic heterocycles. The number of hydrogen-bond donors (Lipinski definition) is 1. The molecule has 3 atom stereocenters. The van der Waals surface area contributed by atoms with Crippen LogP contribution in [0.1, 0.15) is 33.1 Å². The number of nitrogens with zero attached hydrogens (tertiary/aromatic N) is 2. The Kier molecular flexibility index (Phi) is 2.96. The molecule has 90 valence electrons. The first-order valence-corrected chi connectivity index (χ1v) is 6.28. The molecule has 1 aliphatic carbocycles. The van der Waals surface area contributed by atoms with Gasteiger partial charge in [-0.05, 0) is 24.7 Å². The van der Waals surface area contributed by atoms with Crippen LogP contribution in [-0.2, 0) is 0 Å². The fourth-order valence-corrected chi connectivity index (χ4v) is 3.33. The van der Waals surface area contributed by atoms with Gasteiger partial charge < -0.3 is 10.6 Å². The summed E-state index contributed by atoms with van der Waals surface area (Å²) in [5.74, 6) is 2.17. The largest absolute Gasteiger partial charge is 0.370 e. The molecule has 0 aromatic carbocycles. The summed E-state index contributed by atoms with van der Waals surface area (Å²) in [7, 11) is 0. The molecule has 0 saturated heterocycles. The molecule has 3 nitrogen and oxygen atoms in total. The van der Waals surface area contributed by atoms with Gasteiger partial charge in [0.05, 0.1) is 12.1 Å². The third-order valence-corrected chi connectivity index (χ3v) is 4.35. The normalized spacial score (nSPS) is 38.9. The fraction of sp³-hybridized carbons (Fsp3) is 0.769. The van der Waals surface area contributed by atoms with Crippen molar-refractivity contribution in [3.8, 4) is 0 Å². The second-order valence-corrected chi connectivity index (χ2v) is 5.46. The van der Waals surface area contributed by atoms with E-state index in [2.05, 4.69) is 30.3 Å². The number of nitrogens with two attached hydrogens (primary N) is 1. The first-order chi connectivity index (χ1) is 7.60. The highest BCUT2D eigenvalue weighted by atomic mass is 15.4. The fourth-order valence-electron chi connectivity index (χ4n) is 3.33. The lowest BCUT2D eigenvalue weighted by Gasteiger charge is -2.48. The van der Waals surface area contributed by atoms with Crippen molar-refractivity contribution in [2.75, 3.05) is 13.1 Å². The van der Waals surface area contributed by atoms with E-state index in [-0.39, 0.29) is 5.54 Å². The van der Waals surface area contributed by atoms with Crippen LogP contribution in [0.4, 0.5) is 0 Å². The van der Waals surface area contributed by atoms with Crippen molar-refractivity contribution >= 4 is 5.96 Å². The molecule has 3 heteroatoms. The molecule has 2 aliphatic rings. The predicted molar refractivity (Wildman–Crippen MR) is 68.3 cm³/mol. The Labute approximate surface area is 98.4 Å². The summed E-state index contributed by atoms with van der Waals surface area (Å²) in [6.07, 6.45) is 5.77. The molecule has 2 rings (SSSR count). The van der Waals surface area contributed by atoms with Crippen LogP contribution in [0.2, 0.25) is 0 Å². The van der Waals surface area contributed by atoms with Crippen LogP contribution >= 0.6 is 0 Å². The summed E-state index contributed by atoms with van der Waals surface area (Å²) < 4.78 is 0. The summed E-state index contributed by atoms with van der Waals surface area (Å²) in [6, 6.07) is 0. The van der Waals surface area contributed by atoms with E-state index in [1.165, 1.54) is 19.3 Å². The zero-order valence-corrected chi connectivity index (χ0v) is 10.4. The minimum atomic E-state index is 0.177. The van der Waals surface area contributed by atoms with Gasteiger partial charge in [0.15, 0.2) is 5.96 Å². The number of rotatable bonds is 2. The second-order valence-electron chi connectivity index (χ2n) is 5.46. The predicted octanol–water partition coefficient (Wildman–Crippen LogP) is 2.00. The molecule has 0 aromatic rings. The van der Waals surface area contributed by atoms with Crippen molar-refractivity contribution in [2.45, 2.75) is 38.6 Å². The lowest BCUT2D eigenvalue weighted by molar-refractivity contribution is 0.0653. The van der Waals surface area contributed by atoms with Crippen molar-refractivity contribution in [1.29, 1.82) is 0 Å². The minimum absolute atomic E-state index is 0.177. The standard InChI is InChI=1S/C13H23N3/c1-4-7-16-12(14)15-9-13(16)8-10(2)5-6-11(13)3/h4,10-11H,1,5-9H2,2-3H3,(H2,14,15). The lowest BCUT2D eigenvalue weighted by Crippen LogP contribution is -2.57. The molecule has 0 radical (unpaired) electrons. The van der Waals surface area contributed by atoms with Crippen LogP contribution in [0, 0.1) is 11.8 Å². The monoisotopic (exact) mass is 221 g/mol. The van der Waals surface area contributed by atoms with Crippen LogP contribution in [-0.4, -0.2) is 29.5 Å². The van der Waals surface area contributed by atoms with E-state index in [9.17, 15) is 0 Å². The summed E-state index contributed by atoms with van der Waals surface area (Å²) in [5.41, 5.74) is 6.18. The maximum atomic E-state index is 6.01. The quantitative estimate of drug-likeness (QED) is 0.725. The molecule has 3 unspecified atom stereocenters. The first-order valence-electron chi connectivity index (χ1n) is 6.28. The van der Waals surface area contributed by atoms with Gasteiger partial charge in [-0.1, -0.05) is 26.3 Å². The third kappa shape index (κ3) is 1.62. The van der Waals surface area contributed by atoms with Crippen LogP contribution in [0.3, 0.4) is 0 Å². The van der Waals surface area contributed by atoms with Gasteiger partial charge in [0.25, 0.3) is 0 Å². The van der Waals surface area contributed by atoms with Gasteiger partial charge >= 0.3 is 0 Å². The minimum Gasteiger partial charge on any atom is -0.370 e. The Morgan fingerprint density at radius 3 is 3.00 bits per heavy atom. The topological polar surface area (TPSA) is 41.6 Å². The van der Waals surface area contributed by atoms with Crippen molar-refractivity contribution < 1.29 is 0 Å². The molecule has 2 N–H and O–H groups in total. The Morgan fingerprint density at radius 2 is 2.31 bits per heavy atom. The molecule has 1 heterocycles. The van der Waals surface area contributed by atoms with Crippen molar-refractivity contribution in [3.63, 3.8) is 0 Å². The molecule has 0 bridgehead atoms. The van der Waals surface area contributed by atoms with E-state index >= 15 is 0 Å². The zero-order chi connectivity index (χ0) is 11.8. The third-order valence-electron chi connectivity index (χ3n) is 4.35. The summed E-state index contributed by atoms with van der Waals surface area (Å²) >= 11 is 0. The van der Waals surface area contributed by atoms with Crippen LogP contribution < -0.4 is 5.73 Å². The van der Waals surface area contributed by atoms with Crippen LogP contribution in [0.25, 0.3) is 0 Å². The average molecular weight is 221 g/mol. The molecule has 0 amide bonds. The average Bonchev–Trinajstić information content (AvgIpc) is 2.55. The highest BCUT2D eigenvalue weighted by Gasteiger charge is 2.48. The van der Waals surface area contributed by atoms with Gasteiger partial charge in [-0.2, -0.15) is 0 Å². The summed E-state index contributed by atoms with van der Waals surface area (Å²) in [6.45, 7) is 10.2. The van der Waals surface area contributed by atoms with Crippen molar-refractivity contribution in [2.24, 2.45) is 22.6 Å². The molecule has 1 spiro atoms. The van der Waals surface area contributed by atoms with Crippen molar-refractivity contribution in [1.82, 2.24) is 4.90 Å². The summed E-state index contributed by atoms with van der Waals surface area (Å²) in [5, 5.41) is 0. The maximum Gasteiger partial charge on any atom is 0.192 e. The maximum absolute atomic E-state index is 6.01. The van der Waals surface area contributed by atoms with E-state index in [1.807, 2.05) is 6.08 Å². The highest BCUT2D eigenvalue weighted by molar-refractivity contribution is 5.81. The van der Waals surface area contributed by atoms with E-state index in [4.69, 9.17) is 5.73 Å². The molecule has 16 heavy (non-hydrogen) atoms. The first kappa shape index (κ1) is 11.5. The van der Waals surface area contributed by atoms with Gasteiger partial charge in [-0.3, -0.25) is 4.99 Å². The van der Waals surface area contributed by atoms with Gasteiger partial charge in [0.1, 0.15) is 0 Å². The number of guanidine groups is 1. The van der Waals surface area contributed by atoms with E-state index in [0.29, 0.717) is 11.9 Å². The van der Waals surface area contributed by atoms with Crippen LogP contribution in [0.15, 0.2) is 17.6 Å². The molecule has 1 saturated carbocycles. The Morgan fingerprint density at radius 1 is 1.56 bits per heavy atom. The van der Waals surface area contributed by atoms with Gasteiger partial charge in [-0.25, -0.2) is 0 Å². The Hall–Kier alpha value is -0.990. The smallest absolute Gasteiger partial charge is 0.192 e. The molecular formula is C13H23N3. The number of hydrogen-bond acceptors (Lipinski definition) is 3. The van der Waals surface area contributed by atoms with Crippen LogP contribution in [0.5, 0.6) is 0 Å². The van der Waals surface area contributed by atoms with Crippen molar-refractivity contribution in [3.05, 3.63) is 12.7 Å².